The van der Waals surface area contributed by atoms with E-state index >= 15 is 0 Å². The molecular weight excluding hydrogens is 352 g/mol. The standard InChI is InChI=1S/C15H27BBrNO2.ClH/c1-14(2)10-8-11(14)15(3)12(9-10)19-16(20-15)13(18)6-4-5-7-17;/h10-13H,4-9,18H2,1-3H3;1H/t10?,11?,12?,13?,15-;/m0./s1. The first-order valence-electron chi connectivity index (χ1n) is 8.04. The maximum absolute atomic E-state index is 6.37. The van der Waals surface area contributed by atoms with Gasteiger partial charge in [0.05, 0.1) is 11.7 Å². The van der Waals surface area contributed by atoms with Crippen molar-refractivity contribution >= 4 is 35.5 Å². The zero-order valence-corrected chi connectivity index (χ0v) is 15.7. The molecule has 2 N–H and O–H groups in total. The molecule has 6 heteroatoms. The molecule has 4 rings (SSSR count). The highest BCUT2D eigenvalue weighted by Crippen LogP contribution is 2.65. The summed E-state index contributed by atoms with van der Waals surface area (Å²) < 4.78 is 12.6. The molecule has 4 aliphatic rings. The van der Waals surface area contributed by atoms with E-state index in [-0.39, 0.29) is 37.2 Å². The maximum Gasteiger partial charge on any atom is 0.475 e. The van der Waals surface area contributed by atoms with Gasteiger partial charge in [0, 0.05) is 11.3 Å². The first-order valence-corrected chi connectivity index (χ1v) is 9.16. The van der Waals surface area contributed by atoms with Crippen LogP contribution in [0.3, 0.4) is 0 Å². The van der Waals surface area contributed by atoms with Crippen LogP contribution in [0.2, 0.25) is 0 Å². The van der Waals surface area contributed by atoms with E-state index in [4.69, 9.17) is 15.0 Å². The minimum absolute atomic E-state index is 0. The van der Waals surface area contributed by atoms with Gasteiger partial charge >= 0.3 is 7.12 Å². The number of rotatable bonds is 5. The van der Waals surface area contributed by atoms with Crippen LogP contribution in [0.15, 0.2) is 0 Å². The lowest BCUT2D eigenvalue weighted by molar-refractivity contribution is -0.199. The number of alkyl halides is 1. The van der Waals surface area contributed by atoms with Gasteiger partial charge in [-0.15, -0.1) is 12.4 Å². The third-order valence-corrected chi connectivity index (χ3v) is 6.80. The molecule has 0 aromatic carbocycles. The summed E-state index contributed by atoms with van der Waals surface area (Å²) in [5, 5.41) is 1.05. The third kappa shape index (κ3) is 2.82. The second-order valence-corrected chi connectivity index (χ2v) is 8.48. The van der Waals surface area contributed by atoms with Crippen LogP contribution in [-0.2, 0) is 9.31 Å². The fourth-order valence-electron chi connectivity index (χ4n) is 4.69. The van der Waals surface area contributed by atoms with Crippen LogP contribution < -0.4 is 5.73 Å². The number of hydrogen-bond donors (Lipinski definition) is 1. The van der Waals surface area contributed by atoms with Crippen LogP contribution in [0.5, 0.6) is 0 Å². The summed E-state index contributed by atoms with van der Waals surface area (Å²) in [6.45, 7) is 7.03. The van der Waals surface area contributed by atoms with Crippen LogP contribution in [0.25, 0.3) is 0 Å². The van der Waals surface area contributed by atoms with Crippen LogP contribution in [0.1, 0.15) is 52.9 Å². The van der Waals surface area contributed by atoms with Crippen molar-refractivity contribution in [3.05, 3.63) is 0 Å². The minimum atomic E-state index is -0.199. The summed E-state index contributed by atoms with van der Waals surface area (Å²) in [6, 6.07) is 0. The molecule has 4 fully saturated rings. The van der Waals surface area contributed by atoms with Gasteiger partial charge in [-0.25, -0.2) is 0 Å². The van der Waals surface area contributed by atoms with Gasteiger partial charge in [0.1, 0.15) is 0 Å². The van der Waals surface area contributed by atoms with Crippen LogP contribution in [-0.4, -0.2) is 30.1 Å². The van der Waals surface area contributed by atoms with Crippen molar-refractivity contribution in [2.75, 3.05) is 5.33 Å². The molecule has 1 heterocycles. The summed E-state index contributed by atoms with van der Waals surface area (Å²) in [4.78, 5) is 0. The van der Waals surface area contributed by atoms with Crippen molar-refractivity contribution in [2.24, 2.45) is 23.0 Å². The van der Waals surface area contributed by atoms with E-state index < -0.39 is 0 Å². The highest BCUT2D eigenvalue weighted by Gasteiger charge is 2.68. The van der Waals surface area contributed by atoms with Crippen molar-refractivity contribution < 1.29 is 9.31 Å². The molecule has 0 aromatic heterocycles. The Kier molecular flexibility index (Phi) is 5.43. The Morgan fingerprint density at radius 3 is 2.62 bits per heavy atom. The van der Waals surface area contributed by atoms with Gasteiger partial charge in [-0.2, -0.15) is 0 Å². The second-order valence-electron chi connectivity index (χ2n) is 7.69. The van der Waals surface area contributed by atoms with Gasteiger partial charge in [0.15, 0.2) is 0 Å². The topological polar surface area (TPSA) is 44.5 Å². The van der Waals surface area contributed by atoms with Crippen molar-refractivity contribution in [2.45, 2.75) is 70.5 Å². The molecule has 3 aliphatic carbocycles. The lowest BCUT2D eigenvalue weighted by Crippen LogP contribution is -2.65. The average Bonchev–Trinajstić information content (AvgIpc) is 2.75. The van der Waals surface area contributed by atoms with Gasteiger partial charge in [-0.1, -0.05) is 36.2 Å². The van der Waals surface area contributed by atoms with Crippen molar-refractivity contribution in [3.63, 3.8) is 0 Å². The summed E-state index contributed by atoms with van der Waals surface area (Å²) in [7, 11) is -0.199. The molecule has 0 aromatic rings. The molecule has 0 spiro atoms. The predicted octanol–water partition coefficient (Wildman–Crippen LogP) is 3.57. The molecule has 0 radical (unpaired) electrons. The SMILES string of the molecule is CC1(C)C2CC3OB(C(N)CCCCBr)O[C@@]3(C)C1C2.Cl. The Morgan fingerprint density at radius 2 is 2.00 bits per heavy atom. The molecule has 3 saturated carbocycles. The lowest BCUT2D eigenvalue weighted by atomic mass is 9.43. The highest BCUT2D eigenvalue weighted by molar-refractivity contribution is 9.09. The summed E-state index contributed by atoms with van der Waals surface area (Å²) in [6.07, 6.45) is 5.98. The molecule has 3 nitrogen and oxygen atoms in total. The number of nitrogens with two attached hydrogens (primary N) is 1. The van der Waals surface area contributed by atoms with Crippen molar-refractivity contribution in [1.82, 2.24) is 0 Å². The lowest BCUT2D eigenvalue weighted by Gasteiger charge is -2.64. The molecule has 0 amide bonds. The summed E-state index contributed by atoms with van der Waals surface area (Å²) in [5.74, 6) is 1.44. The largest absolute Gasteiger partial charge is 0.475 e. The molecule has 5 atom stereocenters. The Hall–Kier alpha value is 0.715. The van der Waals surface area contributed by atoms with Gasteiger partial charge in [0.25, 0.3) is 0 Å². The molecular formula is C15H28BBrClNO2. The first-order chi connectivity index (χ1) is 9.39. The van der Waals surface area contributed by atoms with Crippen molar-refractivity contribution in [1.29, 1.82) is 0 Å². The smallest absolute Gasteiger partial charge is 0.404 e. The van der Waals surface area contributed by atoms with Crippen LogP contribution in [0.4, 0.5) is 0 Å². The predicted molar refractivity (Wildman–Crippen MR) is 93.0 cm³/mol. The van der Waals surface area contributed by atoms with E-state index in [1.807, 2.05) is 0 Å². The first kappa shape index (κ1) is 18.1. The quantitative estimate of drug-likeness (QED) is 0.450. The molecule has 122 valence electrons. The normalized spacial score (nSPS) is 41.0. The zero-order valence-electron chi connectivity index (χ0n) is 13.3. The fourth-order valence-corrected chi connectivity index (χ4v) is 5.09. The third-order valence-electron chi connectivity index (χ3n) is 6.24. The van der Waals surface area contributed by atoms with Gasteiger partial charge in [-0.05, 0) is 49.9 Å². The van der Waals surface area contributed by atoms with Gasteiger partial charge in [-0.3, -0.25) is 0 Å². The maximum atomic E-state index is 6.37. The van der Waals surface area contributed by atoms with Gasteiger partial charge in [0.2, 0.25) is 0 Å². The zero-order chi connectivity index (χ0) is 14.5. The number of unbranched alkanes of at least 4 members (excludes halogenated alkanes) is 1. The summed E-state index contributed by atoms with van der Waals surface area (Å²) >= 11 is 3.46. The van der Waals surface area contributed by atoms with Crippen LogP contribution in [0, 0.1) is 17.3 Å². The molecule has 1 aliphatic heterocycles. The molecule has 21 heavy (non-hydrogen) atoms. The Bertz CT molecular complexity index is 387. The summed E-state index contributed by atoms with van der Waals surface area (Å²) in [5.41, 5.74) is 6.59. The van der Waals surface area contributed by atoms with E-state index in [0.29, 0.717) is 11.3 Å². The van der Waals surface area contributed by atoms with E-state index in [1.54, 1.807) is 0 Å². The Morgan fingerprint density at radius 1 is 1.29 bits per heavy atom. The second kappa shape index (κ2) is 6.31. The average molecular weight is 381 g/mol. The monoisotopic (exact) mass is 379 g/mol. The van der Waals surface area contributed by atoms with Gasteiger partial charge < -0.3 is 15.0 Å². The molecule has 4 unspecified atom stereocenters. The van der Waals surface area contributed by atoms with E-state index in [0.717, 1.165) is 30.5 Å². The highest BCUT2D eigenvalue weighted by atomic mass is 79.9. The number of halogens is 2. The Balaban J connectivity index is 0.00000161. The van der Waals surface area contributed by atoms with Crippen molar-refractivity contribution in [3.8, 4) is 0 Å². The molecule has 1 saturated heterocycles. The van der Waals surface area contributed by atoms with E-state index in [2.05, 4.69) is 36.7 Å². The number of hydrogen-bond acceptors (Lipinski definition) is 3. The fraction of sp³-hybridized carbons (Fsp3) is 1.00. The minimum Gasteiger partial charge on any atom is -0.404 e. The van der Waals surface area contributed by atoms with Crippen LogP contribution >= 0.6 is 28.3 Å². The van der Waals surface area contributed by atoms with E-state index in [1.165, 1.54) is 12.8 Å². The van der Waals surface area contributed by atoms with E-state index in [9.17, 15) is 0 Å². The molecule has 2 bridgehead atoms. The Labute approximate surface area is 143 Å².